The molecule has 0 radical (unpaired) electrons. The molecule has 3 rings (SSSR count). The van der Waals surface area contributed by atoms with Crippen LogP contribution in [0, 0.1) is 13.8 Å². The van der Waals surface area contributed by atoms with Crippen LogP contribution in [0.1, 0.15) is 11.1 Å². The van der Waals surface area contributed by atoms with Gasteiger partial charge in [0.05, 0.1) is 5.69 Å². The topological polar surface area (TPSA) is 64.0 Å². The standard InChI is InChI=1S/C20H18BrN3O2/c1-13-9-14(2)11-17(10-13)22-19(25)12-24-20(26)8-7-18(23-24)15-3-5-16(21)6-4-15/h3-11H,12H2,1-2H3,(H,22,25). The SMILES string of the molecule is Cc1cc(C)cc(NC(=O)Cn2nc(-c3ccc(Br)cc3)ccc2=O)c1. The molecule has 0 bridgehead atoms. The molecule has 0 aliphatic carbocycles. The van der Waals surface area contributed by atoms with Crippen molar-refractivity contribution in [3.63, 3.8) is 0 Å². The Kier molecular flexibility index (Phi) is 5.32. The van der Waals surface area contributed by atoms with E-state index in [9.17, 15) is 9.59 Å². The molecule has 26 heavy (non-hydrogen) atoms. The van der Waals surface area contributed by atoms with Crippen LogP contribution in [0.15, 0.2) is 63.9 Å². The predicted molar refractivity (Wildman–Crippen MR) is 106 cm³/mol. The monoisotopic (exact) mass is 411 g/mol. The number of hydrogen-bond donors (Lipinski definition) is 1. The Balaban J connectivity index is 1.80. The molecule has 2 aromatic carbocycles. The molecule has 3 aromatic rings. The zero-order valence-corrected chi connectivity index (χ0v) is 16.1. The second kappa shape index (κ2) is 7.66. The molecule has 0 fully saturated rings. The third-order valence-electron chi connectivity index (χ3n) is 3.81. The molecule has 0 spiro atoms. The normalized spacial score (nSPS) is 10.6. The third kappa shape index (κ3) is 4.46. The van der Waals surface area contributed by atoms with E-state index >= 15 is 0 Å². The fraction of sp³-hybridized carbons (Fsp3) is 0.150. The molecule has 0 unspecified atom stereocenters. The number of carbonyl (C=O) groups excluding carboxylic acids is 1. The van der Waals surface area contributed by atoms with Gasteiger partial charge in [-0.25, -0.2) is 4.68 Å². The zero-order valence-electron chi connectivity index (χ0n) is 14.5. The Hall–Kier alpha value is -2.73. The van der Waals surface area contributed by atoms with Crippen molar-refractivity contribution in [2.75, 3.05) is 5.32 Å². The summed E-state index contributed by atoms with van der Waals surface area (Å²) >= 11 is 3.39. The second-order valence-electron chi connectivity index (χ2n) is 6.15. The number of anilines is 1. The number of nitrogens with one attached hydrogen (secondary N) is 1. The van der Waals surface area contributed by atoms with Crippen LogP contribution in [-0.2, 0) is 11.3 Å². The number of rotatable bonds is 4. The lowest BCUT2D eigenvalue weighted by atomic mass is 10.1. The molecule has 0 saturated carbocycles. The van der Waals surface area contributed by atoms with Gasteiger partial charge in [-0.1, -0.05) is 34.1 Å². The Morgan fingerprint density at radius 3 is 2.35 bits per heavy atom. The smallest absolute Gasteiger partial charge is 0.267 e. The molecule has 1 N–H and O–H groups in total. The number of carbonyl (C=O) groups is 1. The van der Waals surface area contributed by atoms with E-state index in [0.717, 1.165) is 21.2 Å². The summed E-state index contributed by atoms with van der Waals surface area (Å²) in [4.78, 5) is 24.4. The molecule has 0 aliphatic rings. The van der Waals surface area contributed by atoms with Crippen LogP contribution in [-0.4, -0.2) is 15.7 Å². The minimum atomic E-state index is -0.318. The Morgan fingerprint density at radius 2 is 1.69 bits per heavy atom. The quantitative estimate of drug-likeness (QED) is 0.707. The Labute approximate surface area is 159 Å². The van der Waals surface area contributed by atoms with Crippen LogP contribution in [0.5, 0.6) is 0 Å². The summed E-state index contributed by atoms with van der Waals surface area (Å²) in [6.45, 7) is 3.79. The van der Waals surface area contributed by atoms with E-state index in [1.807, 2.05) is 56.3 Å². The van der Waals surface area contributed by atoms with Gasteiger partial charge >= 0.3 is 0 Å². The molecule has 6 heteroatoms. The largest absolute Gasteiger partial charge is 0.324 e. The van der Waals surface area contributed by atoms with Gasteiger partial charge in [-0.15, -0.1) is 0 Å². The predicted octanol–water partition coefficient (Wildman–Crippen LogP) is 3.93. The van der Waals surface area contributed by atoms with E-state index < -0.39 is 0 Å². The molecular weight excluding hydrogens is 394 g/mol. The minimum Gasteiger partial charge on any atom is -0.324 e. The van der Waals surface area contributed by atoms with E-state index in [0.29, 0.717) is 11.4 Å². The number of hydrogen-bond acceptors (Lipinski definition) is 3. The number of halogens is 1. The lowest BCUT2D eigenvalue weighted by Gasteiger charge is -2.09. The highest BCUT2D eigenvalue weighted by atomic mass is 79.9. The van der Waals surface area contributed by atoms with Gasteiger partial charge in [-0.3, -0.25) is 9.59 Å². The lowest BCUT2D eigenvalue weighted by Crippen LogP contribution is -2.29. The summed E-state index contributed by atoms with van der Waals surface area (Å²) in [5.74, 6) is -0.294. The molecule has 1 amide bonds. The third-order valence-corrected chi connectivity index (χ3v) is 4.33. The van der Waals surface area contributed by atoms with Crippen molar-refractivity contribution in [1.82, 2.24) is 9.78 Å². The summed E-state index contributed by atoms with van der Waals surface area (Å²) in [6.07, 6.45) is 0. The first-order chi connectivity index (χ1) is 12.4. The van der Waals surface area contributed by atoms with E-state index in [2.05, 4.69) is 26.3 Å². The van der Waals surface area contributed by atoms with Crippen LogP contribution in [0.2, 0.25) is 0 Å². The zero-order chi connectivity index (χ0) is 18.7. The highest BCUT2D eigenvalue weighted by Gasteiger charge is 2.09. The molecular formula is C20H18BrN3O2. The summed E-state index contributed by atoms with van der Waals surface area (Å²) in [7, 11) is 0. The van der Waals surface area contributed by atoms with E-state index in [4.69, 9.17) is 0 Å². The highest BCUT2D eigenvalue weighted by Crippen LogP contribution is 2.19. The summed E-state index contributed by atoms with van der Waals surface area (Å²) in [6, 6.07) is 16.5. The second-order valence-corrected chi connectivity index (χ2v) is 7.06. The number of nitrogens with zero attached hydrogens (tertiary/aromatic N) is 2. The Morgan fingerprint density at radius 1 is 1.04 bits per heavy atom. The first-order valence-electron chi connectivity index (χ1n) is 8.13. The van der Waals surface area contributed by atoms with Gasteiger partial charge in [-0.05, 0) is 55.3 Å². The molecule has 0 saturated heterocycles. The summed E-state index contributed by atoms with van der Waals surface area (Å²) < 4.78 is 2.14. The van der Waals surface area contributed by atoms with Gasteiger partial charge in [0.25, 0.3) is 5.56 Å². The number of aryl methyl sites for hydroxylation is 2. The first kappa shape index (κ1) is 18.1. The number of aromatic nitrogens is 2. The molecule has 132 valence electrons. The van der Waals surface area contributed by atoms with Gasteiger partial charge < -0.3 is 5.32 Å². The maximum absolute atomic E-state index is 12.3. The van der Waals surface area contributed by atoms with Crippen LogP contribution in [0.25, 0.3) is 11.3 Å². The van der Waals surface area contributed by atoms with Gasteiger partial charge in [0.15, 0.2) is 0 Å². The van der Waals surface area contributed by atoms with Crippen molar-refractivity contribution < 1.29 is 4.79 Å². The van der Waals surface area contributed by atoms with E-state index in [-0.39, 0.29) is 18.0 Å². The molecule has 0 atom stereocenters. The Bertz CT molecular complexity index is 990. The molecule has 1 aromatic heterocycles. The fourth-order valence-electron chi connectivity index (χ4n) is 2.72. The maximum Gasteiger partial charge on any atom is 0.267 e. The van der Waals surface area contributed by atoms with Gasteiger partial charge in [0, 0.05) is 21.8 Å². The average molecular weight is 412 g/mol. The summed E-state index contributed by atoms with van der Waals surface area (Å²) in [5, 5.41) is 7.14. The first-order valence-corrected chi connectivity index (χ1v) is 8.92. The van der Waals surface area contributed by atoms with Crippen molar-refractivity contribution in [2.24, 2.45) is 0 Å². The van der Waals surface area contributed by atoms with Gasteiger partial charge in [0.1, 0.15) is 6.54 Å². The van der Waals surface area contributed by atoms with Crippen LogP contribution < -0.4 is 10.9 Å². The van der Waals surface area contributed by atoms with E-state index in [1.165, 1.54) is 10.7 Å². The van der Waals surface area contributed by atoms with E-state index in [1.54, 1.807) is 6.07 Å². The van der Waals surface area contributed by atoms with Crippen LogP contribution in [0.3, 0.4) is 0 Å². The molecule has 0 aliphatic heterocycles. The number of amides is 1. The van der Waals surface area contributed by atoms with Crippen LogP contribution in [0.4, 0.5) is 5.69 Å². The highest BCUT2D eigenvalue weighted by molar-refractivity contribution is 9.10. The number of benzene rings is 2. The van der Waals surface area contributed by atoms with Crippen molar-refractivity contribution >= 4 is 27.5 Å². The molecule has 1 heterocycles. The van der Waals surface area contributed by atoms with Gasteiger partial charge in [0.2, 0.25) is 5.91 Å². The maximum atomic E-state index is 12.3. The summed E-state index contributed by atoms with van der Waals surface area (Å²) in [5.41, 5.74) is 4.03. The fourth-order valence-corrected chi connectivity index (χ4v) is 2.98. The minimum absolute atomic E-state index is 0.143. The van der Waals surface area contributed by atoms with Gasteiger partial charge in [-0.2, -0.15) is 5.10 Å². The van der Waals surface area contributed by atoms with Crippen molar-refractivity contribution in [3.05, 3.63) is 80.6 Å². The molecule has 5 nitrogen and oxygen atoms in total. The lowest BCUT2D eigenvalue weighted by molar-refractivity contribution is -0.117. The average Bonchev–Trinajstić information content (AvgIpc) is 2.56. The van der Waals surface area contributed by atoms with Crippen molar-refractivity contribution in [1.29, 1.82) is 0 Å². The van der Waals surface area contributed by atoms with Crippen molar-refractivity contribution in [2.45, 2.75) is 20.4 Å². The van der Waals surface area contributed by atoms with Crippen molar-refractivity contribution in [3.8, 4) is 11.3 Å². The van der Waals surface area contributed by atoms with Crippen LogP contribution >= 0.6 is 15.9 Å².